The maximum absolute atomic E-state index is 12.3. The monoisotopic (exact) mass is 664 g/mol. The molecule has 5 N–H and O–H groups in total. The fourth-order valence-electron chi connectivity index (χ4n) is 7.76. The Morgan fingerprint density at radius 2 is 1.65 bits per heavy atom. The lowest BCUT2D eigenvalue weighted by Crippen LogP contribution is -2.49. The van der Waals surface area contributed by atoms with E-state index in [1.165, 1.54) is 44.9 Å². The van der Waals surface area contributed by atoms with E-state index < -0.39 is 0 Å². The van der Waals surface area contributed by atoms with Crippen molar-refractivity contribution >= 4 is 29.7 Å². The molecule has 0 bridgehead atoms. The Kier molecular flexibility index (Phi) is 15.7. The van der Waals surface area contributed by atoms with Gasteiger partial charge >= 0.3 is 12.0 Å². The first-order valence-electron chi connectivity index (χ1n) is 18.6. The van der Waals surface area contributed by atoms with E-state index in [9.17, 15) is 14.4 Å². The van der Waals surface area contributed by atoms with E-state index in [1.54, 1.807) is 0 Å². The smallest absolute Gasteiger partial charge is 0.315 e. The summed E-state index contributed by atoms with van der Waals surface area (Å²) in [5.41, 5.74) is 7.36. The van der Waals surface area contributed by atoms with E-state index in [4.69, 9.17) is 4.74 Å². The first kappa shape index (κ1) is 37.3. The molecule has 4 aliphatic rings. The lowest BCUT2D eigenvalue weighted by molar-refractivity contribution is -0.143. The summed E-state index contributed by atoms with van der Waals surface area (Å²) in [5.74, 6) is 1.73. The number of thioether (sulfide) groups is 1. The van der Waals surface area contributed by atoms with Gasteiger partial charge in [-0.3, -0.25) is 9.59 Å². The van der Waals surface area contributed by atoms with Crippen molar-refractivity contribution in [3.63, 3.8) is 0 Å². The highest BCUT2D eigenvalue weighted by Gasteiger charge is 2.44. The molecule has 3 amide bonds. The number of hydrogen-bond donors (Lipinski definition) is 5. The topological polar surface area (TPSA) is 124 Å². The first-order valence-corrected chi connectivity index (χ1v) is 19.7. The molecule has 10 nitrogen and oxygen atoms in total. The molecule has 0 spiro atoms. The fourth-order valence-corrected chi connectivity index (χ4v) is 9.31. The predicted octanol–water partition coefficient (Wildman–Crippen LogP) is 5.57. The average molecular weight is 665 g/mol. The van der Waals surface area contributed by atoms with Crippen LogP contribution < -0.4 is 26.9 Å². The Hall–Kier alpha value is -1.56. The molecule has 0 radical (unpaired) electrons. The maximum Gasteiger partial charge on any atom is 0.315 e. The van der Waals surface area contributed by atoms with Crippen molar-refractivity contribution < 1.29 is 19.1 Å². The summed E-state index contributed by atoms with van der Waals surface area (Å²) in [6.45, 7) is 9.19. The molecule has 3 aliphatic heterocycles. The summed E-state index contributed by atoms with van der Waals surface area (Å²) in [6, 6.07) is 1.41. The van der Waals surface area contributed by atoms with Gasteiger partial charge in [0.2, 0.25) is 5.91 Å². The highest BCUT2D eigenvalue weighted by Crippen LogP contribution is 2.36. The SMILES string of the molecule is CC(C)(C)C1NNN(CCCCCC(=O)OCCCCCNC(=O)CCCC[C@H]2SC[C@@H]3NC(=O)N[C@@H]32)C1C1CCCCCCC1. The van der Waals surface area contributed by atoms with E-state index in [1.807, 2.05) is 11.8 Å². The van der Waals surface area contributed by atoms with E-state index in [-0.39, 0.29) is 35.4 Å². The summed E-state index contributed by atoms with van der Waals surface area (Å²) in [6.07, 6.45) is 19.1. The number of carbonyl (C=O) groups is 3. The Morgan fingerprint density at radius 1 is 0.913 bits per heavy atom. The second-order valence-electron chi connectivity index (χ2n) is 15.2. The lowest BCUT2D eigenvalue weighted by Gasteiger charge is -2.39. The summed E-state index contributed by atoms with van der Waals surface area (Å²) in [7, 11) is 0. The van der Waals surface area contributed by atoms with Crippen LogP contribution in [0, 0.1) is 11.3 Å². The quantitative estimate of drug-likeness (QED) is 0.0732. The normalized spacial score (nSPS) is 27.5. The molecule has 0 aromatic carbocycles. The van der Waals surface area contributed by atoms with Crippen LogP contribution >= 0.6 is 11.8 Å². The van der Waals surface area contributed by atoms with Gasteiger partial charge in [0.15, 0.2) is 0 Å². The highest BCUT2D eigenvalue weighted by atomic mass is 32.2. The van der Waals surface area contributed by atoms with Crippen molar-refractivity contribution in [3.05, 3.63) is 0 Å². The van der Waals surface area contributed by atoms with Crippen LogP contribution in [-0.4, -0.2) is 77.8 Å². The van der Waals surface area contributed by atoms with Crippen LogP contribution in [0.4, 0.5) is 4.79 Å². The minimum Gasteiger partial charge on any atom is -0.466 e. The lowest BCUT2D eigenvalue weighted by atomic mass is 9.74. The zero-order chi connectivity index (χ0) is 32.8. The van der Waals surface area contributed by atoms with Gasteiger partial charge in [0.05, 0.1) is 18.7 Å². The number of fused-ring (bicyclic) bond motifs is 1. The third kappa shape index (κ3) is 12.2. The van der Waals surface area contributed by atoms with Gasteiger partial charge in [-0.05, 0) is 69.1 Å². The van der Waals surface area contributed by atoms with Crippen LogP contribution in [0.5, 0.6) is 0 Å². The number of ether oxygens (including phenoxy) is 1. The van der Waals surface area contributed by atoms with Gasteiger partial charge in [-0.15, -0.1) is 0 Å². The number of amides is 3. The second kappa shape index (κ2) is 19.4. The number of carbonyl (C=O) groups excluding carboxylic acids is 3. The molecule has 2 unspecified atom stereocenters. The van der Waals surface area contributed by atoms with Crippen LogP contribution in [0.3, 0.4) is 0 Å². The number of nitrogens with one attached hydrogen (secondary N) is 5. The number of hydrogen-bond acceptors (Lipinski definition) is 8. The van der Waals surface area contributed by atoms with Gasteiger partial charge in [-0.1, -0.05) is 65.7 Å². The van der Waals surface area contributed by atoms with Crippen molar-refractivity contribution in [2.75, 3.05) is 25.4 Å². The Bertz CT molecular complexity index is 941. The van der Waals surface area contributed by atoms with Crippen molar-refractivity contribution in [2.45, 2.75) is 166 Å². The summed E-state index contributed by atoms with van der Waals surface area (Å²) >= 11 is 1.92. The minimum absolute atomic E-state index is 0.0464. The molecule has 5 atom stereocenters. The molecule has 4 fully saturated rings. The number of esters is 1. The molecule has 3 heterocycles. The summed E-state index contributed by atoms with van der Waals surface area (Å²) in [5, 5.41) is 11.9. The van der Waals surface area contributed by atoms with E-state index in [0.717, 1.165) is 76.0 Å². The minimum atomic E-state index is -0.0902. The van der Waals surface area contributed by atoms with Gasteiger partial charge in [0, 0.05) is 49.0 Å². The fraction of sp³-hybridized carbons (Fsp3) is 0.914. The van der Waals surface area contributed by atoms with Crippen LogP contribution in [0.1, 0.15) is 136 Å². The molecule has 264 valence electrons. The third-order valence-electron chi connectivity index (χ3n) is 10.4. The molecule has 1 saturated carbocycles. The van der Waals surface area contributed by atoms with Crippen molar-refractivity contribution in [3.8, 4) is 0 Å². The van der Waals surface area contributed by atoms with Gasteiger partial charge < -0.3 is 20.7 Å². The van der Waals surface area contributed by atoms with Crippen LogP contribution in [0.15, 0.2) is 0 Å². The number of rotatable bonds is 18. The molecular weight excluding hydrogens is 600 g/mol. The zero-order valence-corrected chi connectivity index (χ0v) is 29.8. The van der Waals surface area contributed by atoms with Crippen LogP contribution in [0.25, 0.3) is 0 Å². The molecule has 3 saturated heterocycles. The number of urea groups is 1. The predicted molar refractivity (Wildman–Crippen MR) is 186 cm³/mol. The van der Waals surface area contributed by atoms with Gasteiger partial charge in [-0.2, -0.15) is 17.3 Å². The van der Waals surface area contributed by atoms with E-state index in [0.29, 0.717) is 43.3 Å². The summed E-state index contributed by atoms with van der Waals surface area (Å²) < 4.78 is 5.47. The first-order chi connectivity index (χ1) is 22.2. The zero-order valence-electron chi connectivity index (χ0n) is 29.0. The van der Waals surface area contributed by atoms with E-state index >= 15 is 0 Å². The number of unbranched alkanes of at least 4 members (excludes halogenated alkanes) is 5. The largest absolute Gasteiger partial charge is 0.466 e. The molecule has 0 aromatic rings. The van der Waals surface area contributed by atoms with Gasteiger partial charge in [0.25, 0.3) is 0 Å². The van der Waals surface area contributed by atoms with Crippen molar-refractivity contribution in [1.29, 1.82) is 0 Å². The Balaban J connectivity index is 0.966. The van der Waals surface area contributed by atoms with Gasteiger partial charge in [0.1, 0.15) is 0 Å². The summed E-state index contributed by atoms with van der Waals surface area (Å²) in [4.78, 5) is 35.9. The Labute approximate surface area is 282 Å². The third-order valence-corrected chi connectivity index (χ3v) is 11.9. The van der Waals surface area contributed by atoms with E-state index in [2.05, 4.69) is 52.7 Å². The van der Waals surface area contributed by atoms with Crippen LogP contribution in [0.2, 0.25) is 0 Å². The standard InChI is InChI=1S/C35H64N6O4S/c1-35(2,3)33-32(26-17-9-5-4-6-10-18-26)41(40-39-33)23-15-7-11-21-30(43)45-24-16-8-14-22-36-29(42)20-13-12-19-28-31-27(25-46-28)37-34(44)38-31/h26-28,31-33,39-40H,4-25H2,1-3H3,(H,36,42)(H2,37,38,44)/t27-,28+,31-,32?,33?/m0/s1. The average Bonchev–Trinajstić information content (AvgIpc) is 3.69. The molecule has 4 rings (SSSR count). The number of nitrogens with zero attached hydrogens (tertiary/aromatic N) is 1. The number of hydrazine groups is 2. The maximum atomic E-state index is 12.3. The van der Waals surface area contributed by atoms with Gasteiger partial charge in [-0.25, -0.2) is 15.2 Å². The van der Waals surface area contributed by atoms with Crippen LogP contribution in [-0.2, 0) is 14.3 Å². The Morgan fingerprint density at radius 3 is 2.43 bits per heavy atom. The van der Waals surface area contributed by atoms with Crippen molar-refractivity contribution in [1.82, 2.24) is 31.9 Å². The van der Waals surface area contributed by atoms with Crippen molar-refractivity contribution in [2.24, 2.45) is 11.3 Å². The molecule has 0 aromatic heterocycles. The second-order valence-corrected chi connectivity index (χ2v) is 16.5. The molecule has 11 heteroatoms. The molecule has 1 aliphatic carbocycles. The molecule has 46 heavy (non-hydrogen) atoms. The highest BCUT2D eigenvalue weighted by molar-refractivity contribution is 8.00. The molecular formula is C35H64N6O4S.